The van der Waals surface area contributed by atoms with Crippen LogP contribution in [0.15, 0.2) is 12.1 Å². The van der Waals surface area contributed by atoms with Gasteiger partial charge in [-0.25, -0.2) is 4.98 Å². The fraction of sp³-hybridized carbons (Fsp3) is 0.571. The molecule has 0 saturated heterocycles. The maximum Gasteiger partial charge on any atom is 0.179 e. The van der Waals surface area contributed by atoms with E-state index in [1.54, 1.807) is 0 Å². The van der Waals surface area contributed by atoms with E-state index in [1.165, 1.54) is 25.7 Å². The number of aromatic amines is 1. The summed E-state index contributed by atoms with van der Waals surface area (Å²) < 4.78 is 3.17. The molecule has 2 fully saturated rings. The summed E-state index contributed by atoms with van der Waals surface area (Å²) in [6, 6.07) is 4.74. The number of nitrogens with zero attached hydrogens (tertiary/aromatic N) is 2. The van der Waals surface area contributed by atoms with Gasteiger partial charge in [0.2, 0.25) is 0 Å². The fourth-order valence-corrected chi connectivity index (χ4v) is 3.37. The zero-order chi connectivity index (χ0) is 12.3. The number of rotatable bonds is 3. The van der Waals surface area contributed by atoms with Gasteiger partial charge in [-0.1, -0.05) is 0 Å². The number of nitrogens with one attached hydrogen (secondary N) is 1. The molecule has 4 heteroatoms. The van der Waals surface area contributed by atoms with Crippen LogP contribution in [0.5, 0.6) is 0 Å². The third kappa shape index (κ3) is 1.62. The highest BCUT2D eigenvalue weighted by atomic mass is 32.1. The SMILES string of the molecule is Cc1ccc2[nH]c(=S)n(C(C3CC3)C3CC3)c2n1. The van der Waals surface area contributed by atoms with Crippen molar-refractivity contribution in [3.8, 4) is 0 Å². The molecule has 2 heterocycles. The van der Waals surface area contributed by atoms with E-state index in [0.717, 1.165) is 33.5 Å². The largest absolute Gasteiger partial charge is 0.329 e. The van der Waals surface area contributed by atoms with Gasteiger partial charge in [-0.05, 0) is 68.8 Å². The lowest BCUT2D eigenvalue weighted by Crippen LogP contribution is -2.14. The second-order valence-electron chi connectivity index (χ2n) is 5.79. The summed E-state index contributed by atoms with van der Waals surface area (Å²) in [5.74, 6) is 1.68. The van der Waals surface area contributed by atoms with Crippen molar-refractivity contribution in [2.75, 3.05) is 0 Å². The Kier molecular flexibility index (Phi) is 2.19. The molecule has 2 aromatic heterocycles. The molecule has 94 valence electrons. The topological polar surface area (TPSA) is 33.6 Å². The molecule has 18 heavy (non-hydrogen) atoms. The summed E-state index contributed by atoms with van der Waals surface area (Å²) >= 11 is 5.53. The molecule has 0 amide bonds. The summed E-state index contributed by atoms with van der Waals surface area (Å²) in [4.78, 5) is 8.02. The molecular formula is C14H17N3S. The molecule has 0 aromatic carbocycles. The highest BCUT2D eigenvalue weighted by Gasteiger charge is 2.43. The number of pyridine rings is 1. The molecule has 2 aromatic rings. The van der Waals surface area contributed by atoms with Crippen molar-refractivity contribution in [3.63, 3.8) is 0 Å². The lowest BCUT2D eigenvalue weighted by atomic mass is 10.1. The lowest BCUT2D eigenvalue weighted by molar-refractivity contribution is 0.398. The molecule has 0 aliphatic heterocycles. The molecule has 1 N–H and O–H groups in total. The number of imidazole rings is 1. The molecule has 0 atom stereocenters. The fourth-order valence-electron chi connectivity index (χ4n) is 3.05. The van der Waals surface area contributed by atoms with Crippen molar-refractivity contribution >= 4 is 23.4 Å². The van der Waals surface area contributed by atoms with Crippen LogP contribution in [0.3, 0.4) is 0 Å². The Morgan fingerprint density at radius 2 is 1.94 bits per heavy atom. The van der Waals surface area contributed by atoms with E-state index in [-0.39, 0.29) is 0 Å². The van der Waals surface area contributed by atoms with Gasteiger partial charge < -0.3 is 4.98 Å². The minimum Gasteiger partial charge on any atom is -0.329 e. The third-order valence-electron chi connectivity index (χ3n) is 4.21. The number of hydrogen-bond donors (Lipinski definition) is 1. The minimum absolute atomic E-state index is 0.598. The molecule has 0 spiro atoms. The smallest absolute Gasteiger partial charge is 0.179 e. The molecule has 3 nitrogen and oxygen atoms in total. The van der Waals surface area contributed by atoms with Gasteiger partial charge >= 0.3 is 0 Å². The first-order chi connectivity index (χ1) is 8.74. The van der Waals surface area contributed by atoms with Crippen molar-refractivity contribution in [3.05, 3.63) is 22.6 Å². The first kappa shape index (κ1) is 10.7. The van der Waals surface area contributed by atoms with Crippen LogP contribution in [0.25, 0.3) is 11.2 Å². The summed E-state index contributed by atoms with van der Waals surface area (Å²) in [5, 5.41) is 0. The van der Waals surface area contributed by atoms with E-state index in [9.17, 15) is 0 Å². The molecule has 0 radical (unpaired) electrons. The van der Waals surface area contributed by atoms with Crippen LogP contribution in [-0.4, -0.2) is 14.5 Å². The van der Waals surface area contributed by atoms with E-state index < -0.39 is 0 Å². The first-order valence-corrected chi connectivity index (χ1v) is 7.23. The highest BCUT2D eigenvalue weighted by Crippen LogP contribution is 2.52. The second-order valence-corrected chi connectivity index (χ2v) is 6.18. The van der Waals surface area contributed by atoms with E-state index in [2.05, 4.69) is 15.6 Å². The molecule has 2 aliphatic rings. The molecule has 2 saturated carbocycles. The summed E-state index contributed by atoms with van der Waals surface area (Å²) in [7, 11) is 0. The average Bonchev–Trinajstić information content (AvgIpc) is 3.22. The van der Waals surface area contributed by atoms with Gasteiger partial charge in [0, 0.05) is 11.7 Å². The van der Waals surface area contributed by atoms with Gasteiger partial charge in [0.25, 0.3) is 0 Å². The Labute approximate surface area is 111 Å². The number of aryl methyl sites for hydroxylation is 1. The van der Waals surface area contributed by atoms with Crippen molar-refractivity contribution < 1.29 is 0 Å². The highest BCUT2D eigenvalue weighted by molar-refractivity contribution is 7.71. The van der Waals surface area contributed by atoms with Gasteiger partial charge in [-0.3, -0.25) is 4.57 Å². The summed E-state index contributed by atoms with van der Waals surface area (Å²) in [6.07, 6.45) is 5.45. The standard InChI is InChI=1S/C14H17N3S/c1-8-2-7-11-13(15-8)17(14(18)16-11)12(9-3-4-9)10-5-6-10/h2,7,9-10,12H,3-6H2,1H3,(H,16,18). The van der Waals surface area contributed by atoms with Crippen LogP contribution in [-0.2, 0) is 0 Å². The van der Waals surface area contributed by atoms with Crippen molar-refractivity contribution in [2.45, 2.75) is 38.6 Å². The monoisotopic (exact) mass is 259 g/mol. The van der Waals surface area contributed by atoms with Crippen LogP contribution in [0.2, 0.25) is 0 Å². The zero-order valence-corrected chi connectivity index (χ0v) is 11.3. The number of aromatic nitrogens is 3. The van der Waals surface area contributed by atoms with E-state index in [4.69, 9.17) is 17.2 Å². The third-order valence-corrected chi connectivity index (χ3v) is 4.51. The number of H-pyrrole nitrogens is 1. The van der Waals surface area contributed by atoms with Crippen molar-refractivity contribution in [2.24, 2.45) is 11.8 Å². The van der Waals surface area contributed by atoms with Gasteiger partial charge in [0.05, 0.1) is 5.52 Å². The van der Waals surface area contributed by atoms with Crippen LogP contribution in [0.4, 0.5) is 0 Å². The van der Waals surface area contributed by atoms with E-state index >= 15 is 0 Å². The summed E-state index contributed by atoms with van der Waals surface area (Å²) in [6.45, 7) is 2.04. The Morgan fingerprint density at radius 3 is 2.56 bits per heavy atom. The van der Waals surface area contributed by atoms with Crippen molar-refractivity contribution in [1.82, 2.24) is 14.5 Å². The van der Waals surface area contributed by atoms with Gasteiger partial charge in [-0.2, -0.15) is 0 Å². The van der Waals surface area contributed by atoms with Gasteiger partial charge in [0.15, 0.2) is 10.4 Å². The Morgan fingerprint density at radius 1 is 1.28 bits per heavy atom. The van der Waals surface area contributed by atoms with E-state index in [1.807, 2.05) is 13.0 Å². The molecule has 0 bridgehead atoms. The van der Waals surface area contributed by atoms with Crippen LogP contribution >= 0.6 is 12.2 Å². The predicted molar refractivity (Wildman–Crippen MR) is 74.1 cm³/mol. The average molecular weight is 259 g/mol. The minimum atomic E-state index is 0.598. The van der Waals surface area contributed by atoms with Gasteiger partial charge in [-0.15, -0.1) is 0 Å². The maximum absolute atomic E-state index is 5.53. The Bertz CT molecular complexity index is 649. The first-order valence-electron chi connectivity index (χ1n) is 6.82. The molecule has 4 rings (SSSR count). The Hall–Kier alpha value is -1.16. The quantitative estimate of drug-likeness (QED) is 0.851. The second kappa shape index (κ2) is 3.67. The normalized spacial score (nSPS) is 19.9. The summed E-state index contributed by atoms with van der Waals surface area (Å²) in [5.41, 5.74) is 3.20. The van der Waals surface area contributed by atoms with E-state index in [0.29, 0.717) is 6.04 Å². The maximum atomic E-state index is 5.53. The van der Waals surface area contributed by atoms with Gasteiger partial charge in [0.1, 0.15) is 0 Å². The zero-order valence-electron chi connectivity index (χ0n) is 10.5. The van der Waals surface area contributed by atoms with Crippen molar-refractivity contribution in [1.29, 1.82) is 0 Å². The molecule has 2 aliphatic carbocycles. The number of fused-ring (bicyclic) bond motifs is 1. The van der Waals surface area contributed by atoms with Crippen LogP contribution in [0, 0.1) is 23.5 Å². The molecule has 0 unspecified atom stereocenters. The molecular weight excluding hydrogens is 242 g/mol. The predicted octanol–water partition coefficient (Wildman–Crippen LogP) is 3.76. The number of hydrogen-bond acceptors (Lipinski definition) is 2. The Balaban J connectivity index is 1.94. The lowest BCUT2D eigenvalue weighted by Gasteiger charge is -2.18. The van der Waals surface area contributed by atoms with Crippen LogP contribution in [0.1, 0.15) is 37.4 Å². The van der Waals surface area contributed by atoms with Crippen LogP contribution < -0.4 is 0 Å².